The highest BCUT2D eigenvalue weighted by atomic mass is 32.2. The lowest BCUT2D eigenvalue weighted by molar-refractivity contribution is 0.355. The lowest BCUT2D eigenvalue weighted by Gasteiger charge is -2.07. The highest BCUT2D eigenvalue weighted by molar-refractivity contribution is 7.98. The summed E-state index contributed by atoms with van der Waals surface area (Å²) in [6, 6.07) is 12.8. The fourth-order valence-corrected chi connectivity index (χ4v) is 3.25. The molecule has 10 heteroatoms. The number of thioether (sulfide) groups is 1. The Bertz CT molecular complexity index is 1130. The molecular weight excluding hydrogens is 408 g/mol. The molecule has 2 aromatic heterocycles. The number of nitrogens with zero attached hydrogens (tertiary/aromatic N) is 4. The van der Waals surface area contributed by atoms with Gasteiger partial charge in [0.05, 0.1) is 27.1 Å². The normalized spacial score (nSPS) is 10.8. The fraction of sp³-hybridized carbons (Fsp3) is 0.200. The smallest absolute Gasteiger partial charge is 0.277 e. The van der Waals surface area contributed by atoms with Gasteiger partial charge in [0.1, 0.15) is 5.75 Å². The second kappa shape index (κ2) is 8.87. The van der Waals surface area contributed by atoms with Gasteiger partial charge in [0.2, 0.25) is 17.6 Å². The zero-order valence-electron chi connectivity index (χ0n) is 16.5. The minimum atomic E-state index is 0.393. The van der Waals surface area contributed by atoms with Crippen molar-refractivity contribution in [2.75, 3.05) is 21.3 Å². The second-order valence-corrected chi connectivity index (χ2v) is 6.90. The zero-order chi connectivity index (χ0) is 20.9. The molecule has 0 aliphatic carbocycles. The topological polar surface area (TPSA) is 106 Å². The molecule has 0 saturated carbocycles. The Balaban J connectivity index is 1.42. The highest BCUT2D eigenvalue weighted by Crippen LogP contribution is 2.32. The van der Waals surface area contributed by atoms with Crippen molar-refractivity contribution in [3.8, 4) is 40.1 Å². The first-order valence-corrected chi connectivity index (χ1v) is 9.84. The minimum Gasteiger partial charge on any atom is -0.497 e. The van der Waals surface area contributed by atoms with Gasteiger partial charge in [-0.25, -0.2) is 0 Å². The van der Waals surface area contributed by atoms with Gasteiger partial charge in [0.15, 0.2) is 11.5 Å². The Morgan fingerprint density at radius 2 is 1.63 bits per heavy atom. The third-order valence-electron chi connectivity index (χ3n) is 4.17. The molecule has 154 valence electrons. The molecule has 2 heterocycles. The standard InChI is InChI=1S/C20H18N4O5S/c1-25-14-7-4-12(5-8-14)19-22-23-20(28-19)30-11-17-21-18(24-29-17)13-6-9-15(26-2)16(10-13)27-3/h4-10H,11H2,1-3H3. The maximum absolute atomic E-state index is 5.69. The van der Waals surface area contributed by atoms with E-state index in [1.165, 1.54) is 11.8 Å². The van der Waals surface area contributed by atoms with Crippen LogP contribution in [-0.2, 0) is 5.75 Å². The summed E-state index contributed by atoms with van der Waals surface area (Å²) in [5.74, 6) is 3.69. The molecule has 0 fully saturated rings. The van der Waals surface area contributed by atoms with Gasteiger partial charge in [-0.05, 0) is 42.5 Å². The van der Waals surface area contributed by atoms with Crippen LogP contribution in [0.4, 0.5) is 0 Å². The maximum Gasteiger partial charge on any atom is 0.277 e. The third kappa shape index (κ3) is 4.23. The van der Waals surface area contributed by atoms with Crippen LogP contribution in [0.25, 0.3) is 22.8 Å². The van der Waals surface area contributed by atoms with Crippen LogP contribution in [0.3, 0.4) is 0 Å². The molecular formula is C20H18N4O5S. The van der Waals surface area contributed by atoms with E-state index in [0.29, 0.717) is 40.1 Å². The summed E-state index contributed by atoms with van der Waals surface area (Å²) in [6.45, 7) is 0. The molecule has 0 bridgehead atoms. The maximum atomic E-state index is 5.69. The zero-order valence-corrected chi connectivity index (χ0v) is 17.3. The van der Waals surface area contributed by atoms with E-state index in [-0.39, 0.29) is 0 Å². The van der Waals surface area contributed by atoms with Gasteiger partial charge in [-0.15, -0.1) is 10.2 Å². The average molecular weight is 426 g/mol. The van der Waals surface area contributed by atoms with Gasteiger partial charge in [-0.2, -0.15) is 4.98 Å². The average Bonchev–Trinajstić information content (AvgIpc) is 3.47. The molecule has 0 spiro atoms. The van der Waals surface area contributed by atoms with Crippen molar-refractivity contribution in [2.45, 2.75) is 11.0 Å². The quantitative estimate of drug-likeness (QED) is 0.382. The number of rotatable bonds is 8. The van der Waals surface area contributed by atoms with Gasteiger partial charge in [-0.1, -0.05) is 16.9 Å². The molecule has 0 N–H and O–H groups in total. The SMILES string of the molecule is COc1ccc(-c2nnc(SCc3nc(-c4ccc(OC)c(OC)c4)no3)o2)cc1. The van der Waals surface area contributed by atoms with Crippen LogP contribution in [-0.4, -0.2) is 41.7 Å². The largest absolute Gasteiger partial charge is 0.497 e. The van der Waals surface area contributed by atoms with E-state index >= 15 is 0 Å². The predicted molar refractivity (Wildman–Crippen MR) is 109 cm³/mol. The van der Waals surface area contributed by atoms with Crippen molar-refractivity contribution in [3.63, 3.8) is 0 Å². The van der Waals surface area contributed by atoms with E-state index in [9.17, 15) is 0 Å². The van der Waals surface area contributed by atoms with Crippen LogP contribution in [0.1, 0.15) is 5.89 Å². The van der Waals surface area contributed by atoms with E-state index in [4.69, 9.17) is 23.2 Å². The summed E-state index contributed by atoms with van der Waals surface area (Å²) < 4.78 is 26.7. The summed E-state index contributed by atoms with van der Waals surface area (Å²) in [6.07, 6.45) is 0. The third-order valence-corrected chi connectivity index (χ3v) is 4.98. The molecule has 9 nitrogen and oxygen atoms in total. The molecule has 0 saturated heterocycles. The molecule has 30 heavy (non-hydrogen) atoms. The summed E-state index contributed by atoms with van der Waals surface area (Å²) >= 11 is 1.31. The van der Waals surface area contributed by atoms with Crippen LogP contribution in [0.2, 0.25) is 0 Å². The Kier molecular flexibility index (Phi) is 5.84. The van der Waals surface area contributed by atoms with Crippen LogP contribution >= 0.6 is 11.8 Å². The van der Waals surface area contributed by atoms with Crippen LogP contribution in [0.5, 0.6) is 17.2 Å². The molecule has 0 radical (unpaired) electrons. The van der Waals surface area contributed by atoms with E-state index in [0.717, 1.165) is 16.9 Å². The molecule has 0 atom stereocenters. The van der Waals surface area contributed by atoms with Gasteiger partial charge in [0.25, 0.3) is 5.22 Å². The molecule has 0 amide bonds. The first-order chi connectivity index (χ1) is 14.7. The first kappa shape index (κ1) is 19.8. The predicted octanol–water partition coefficient (Wildman–Crippen LogP) is 4.10. The van der Waals surface area contributed by atoms with Crippen molar-refractivity contribution in [2.24, 2.45) is 0 Å². The van der Waals surface area contributed by atoms with Crippen LogP contribution in [0.15, 0.2) is 56.6 Å². The lowest BCUT2D eigenvalue weighted by atomic mass is 10.2. The molecule has 0 unspecified atom stereocenters. The van der Waals surface area contributed by atoms with Crippen LogP contribution < -0.4 is 14.2 Å². The number of methoxy groups -OCH3 is 3. The summed E-state index contributed by atoms with van der Waals surface area (Å²) in [4.78, 5) is 4.41. The highest BCUT2D eigenvalue weighted by Gasteiger charge is 2.14. The Morgan fingerprint density at radius 1 is 0.867 bits per heavy atom. The van der Waals surface area contributed by atoms with Gasteiger partial charge >= 0.3 is 0 Å². The summed E-state index contributed by atoms with van der Waals surface area (Å²) in [5, 5.41) is 12.6. The van der Waals surface area contributed by atoms with Crippen LogP contribution in [0, 0.1) is 0 Å². The Hall–Kier alpha value is -3.53. The Labute approximate surface area is 176 Å². The minimum absolute atomic E-state index is 0.393. The summed E-state index contributed by atoms with van der Waals surface area (Å²) in [7, 11) is 4.77. The van der Waals surface area contributed by atoms with E-state index in [2.05, 4.69) is 20.3 Å². The Morgan fingerprint density at radius 3 is 2.37 bits per heavy atom. The number of benzene rings is 2. The molecule has 0 aliphatic rings. The number of ether oxygens (including phenoxy) is 3. The number of hydrogen-bond acceptors (Lipinski definition) is 10. The molecule has 0 aliphatic heterocycles. The van der Waals surface area contributed by atoms with Crippen molar-refractivity contribution in [3.05, 3.63) is 48.4 Å². The van der Waals surface area contributed by atoms with Crippen molar-refractivity contribution in [1.82, 2.24) is 20.3 Å². The van der Waals surface area contributed by atoms with E-state index in [1.54, 1.807) is 33.5 Å². The summed E-state index contributed by atoms with van der Waals surface area (Å²) in [5.41, 5.74) is 1.57. The van der Waals surface area contributed by atoms with Crippen molar-refractivity contribution >= 4 is 11.8 Å². The molecule has 4 aromatic rings. The van der Waals surface area contributed by atoms with Crippen molar-refractivity contribution < 1.29 is 23.2 Å². The number of hydrogen-bond donors (Lipinski definition) is 0. The second-order valence-electron chi connectivity index (χ2n) is 5.97. The van der Waals surface area contributed by atoms with E-state index < -0.39 is 0 Å². The first-order valence-electron chi connectivity index (χ1n) is 8.86. The lowest BCUT2D eigenvalue weighted by Crippen LogP contribution is -1.91. The van der Waals surface area contributed by atoms with Gasteiger partial charge in [0, 0.05) is 11.1 Å². The van der Waals surface area contributed by atoms with Gasteiger partial charge in [-0.3, -0.25) is 0 Å². The monoisotopic (exact) mass is 426 g/mol. The van der Waals surface area contributed by atoms with Gasteiger partial charge < -0.3 is 23.2 Å². The van der Waals surface area contributed by atoms with Crippen molar-refractivity contribution in [1.29, 1.82) is 0 Å². The number of aromatic nitrogens is 4. The molecule has 4 rings (SSSR count). The fourth-order valence-electron chi connectivity index (χ4n) is 2.65. The molecule has 2 aromatic carbocycles. The van der Waals surface area contributed by atoms with E-state index in [1.807, 2.05) is 30.3 Å².